The number of esters is 4. The van der Waals surface area contributed by atoms with Gasteiger partial charge in [0.1, 0.15) is 22.4 Å². The van der Waals surface area contributed by atoms with Crippen molar-refractivity contribution in [3.8, 4) is 0 Å². The Morgan fingerprint density at radius 2 is 0.640 bits per heavy atom. The van der Waals surface area contributed by atoms with Crippen molar-refractivity contribution in [3.63, 3.8) is 0 Å². The molecule has 0 fully saturated rings. The average molecular weight is 703 g/mol. The predicted octanol–water partition coefficient (Wildman–Crippen LogP) is 7.91. The molecule has 2 rings (SSSR count). The maximum atomic E-state index is 11.9. The fourth-order valence-electron chi connectivity index (χ4n) is 3.45. The number of rotatable bonds is 9. The third kappa shape index (κ3) is 22.8. The van der Waals surface area contributed by atoms with Crippen LogP contribution in [0.1, 0.15) is 150 Å². The van der Waals surface area contributed by atoms with Gasteiger partial charge in [0.05, 0.1) is 22.3 Å². The molecule has 0 aliphatic heterocycles. The van der Waals surface area contributed by atoms with Crippen LogP contribution in [0.5, 0.6) is 0 Å². The largest absolute Gasteiger partial charge is 0.481 e. The lowest BCUT2D eigenvalue weighted by Crippen LogP contribution is -2.25. The Balaban J connectivity index is 0.000000764. The minimum atomic E-state index is -0.870. The molecular formula is C38H54O12. The van der Waals surface area contributed by atoms with E-state index in [1.54, 1.807) is 119 Å². The maximum absolute atomic E-state index is 11.9. The molecule has 0 unspecified atom stereocenters. The Morgan fingerprint density at radius 3 is 0.800 bits per heavy atom. The summed E-state index contributed by atoms with van der Waals surface area (Å²) in [7, 11) is 0. The zero-order chi connectivity index (χ0) is 39.1. The van der Waals surface area contributed by atoms with Gasteiger partial charge >= 0.3 is 35.8 Å². The highest BCUT2D eigenvalue weighted by Crippen LogP contribution is 2.18. The van der Waals surface area contributed by atoms with Crippen LogP contribution in [0.3, 0.4) is 0 Å². The minimum Gasteiger partial charge on any atom is -0.481 e. The number of carbonyl (C=O) groups is 6. The number of hydrogen-bond donors (Lipinski definition) is 2. The van der Waals surface area contributed by atoms with E-state index in [1.807, 2.05) is 0 Å². The normalized spacial score (nSPS) is 11.4. The van der Waals surface area contributed by atoms with Crippen molar-refractivity contribution in [2.75, 3.05) is 0 Å². The lowest BCUT2D eigenvalue weighted by Gasteiger charge is -2.21. The first-order valence-electron chi connectivity index (χ1n) is 16.2. The van der Waals surface area contributed by atoms with Gasteiger partial charge in [0.2, 0.25) is 0 Å². The van der Waals surface area contributed by atoms with Crippen LogP contribution in [0.2, 0.25) is 0 Å². The summed E-state index contributed by atoms with van der Waals surface area (Å²) in [5.74, 6) is -3.56. The molecule has 12 nitrogen and oxygen atoms in total. The predicted molar refractivity (Wildman–Crippen MR) is 187 cm³/mol. The van der Waals surface area contributed by atoms with Crippen molar-refractivity contribution in [1.29, 1.82) is 0 Å². The summed E-state index contributed by atoms with van der Waals surface area (Å²) >= 11 is 0. The number of unbranched alkanes of at least 4 members (excludes halogenated alkanes) is 1. The van der Waals surface area contributed by atoms with E-state index in [2.05, 4.69) is 0 Å². The van der Waals surface area contributed by atoms with Crippen molar-refractivity contribution >= 4 is 35.8 Å². The van der Waals surface area contributed by atoms with E-state index in [0.717, 1.165) is 0 Å². The molecule has 12 heteroatoms. The lowest BCUT2D eigenvalue weighted by molar-refractivity contribution is -0.139. The third-order valence-electron chi connectivity index (χ3n) is 5.29. The molecule has 0 bridgehead atoms. The SMILES string of the molecule is CC(C)(C)OC(=O)c1cccc(C(=O)OC(C)(C)C)c1.CC(C)(C)OC(=O)c1cccc(C(=O)OC(C)(C)C)c1.O=C(O)CCCCC(=O)O. The van der Waals surface area contributed by atoms with Gasteiger partial charge in [-0.15, -0.1) is 0 Å². The van der Waals surface area contributed by atoms with Crippen LogP contribution in [0.4, 0.5) is 0 Å². The van der Waals surface area contributed by atoms with Crippen molar-refractivity contribution in [3.05, 3.63) is 70.8 Å². The summed E-state index contributed by atoms with van der Waals surface area (Å²) in [6, 6.07) is 12.7. The summed E-state index contributed by atoms with van der Waals surface area (Å²) < 4.78 is 21.1. The zero-order valence-electron chi connectivity index (χ0n) is 31.4. The summed E-state index contributed by atoms with van der Waals surface area (Å²) in [6.45, 7) is 21.5. The monoisotopic (exact) mass is 702 g/mol. The Morgan fingerprint density at radius 1 is 0.440 bits per heavy atom. The zero-order valence-corrected chi connectivity index (χ0v) is 31.4. The van der Waals surface area contributed by atoms with Crippen LogP contribution >= 0.6 is 0 Å². The second-order valence-corrected chi connectivity index (χ2v) is 15.2. The van der Waals surface area contributed by atoms with Crippen molar-refractivity contribution < 1.29 is 57.9 Å². The number of carboxylic acids is 2. The Kier molecular flexibility index (Phi) is 17.6. The van der Waals surface area contributed by atoms with Crippen LogP contribution in [-0.2, 0) is 28.5 Å². The fraction of sp³-hybridized carbons (Fsp3) is 0.526. The van der Waals surface area contributed by atoms with Gasteiger partial charge in [-0.3, -0.25) is 9.59 Å². The van der Waals surface area contributed by atoms with Crippen molar-refractivity contribution in [2.24, 2.45) is 0 Å². The van der Waals surface area contributed by atoms with E-state index in [4.69, 9.17) is 29.2 Å². The van der Waals surface area contributed by atoms with E-state index < -0.39 is 58.2 Å². The first-order valence-corrected chi connectivity index (χ1v) is 16.2. The molecule has 0 atom stereocenters. The van der Waals surface area contributed by atoms with Crippen molar-refractivity contribution in [2.45, 2.75) is 131 Å². The molecule has 278 valence electrons. The smallest absolute Gasteiger partial charge is 0.338 e. The third-order valence-corrected chi connectivity index (χ3v) is 5.29. The number of ether oxygens (including phenoxy) is 4. The quantitative estimate of drug-likeness (QED) is 0.147. The first kappa shape index (κ1) is 45.3. The molecule has 0 aliphatic rings. The molecule has 0 saturated heterocycles. The Labute approximate surface area is 295 Å². The van der Waals surface area contributed by atoms with E-state index in [0.29, 0.717) is 35.1 Å². The molecule has 0 spiro atoms. The van der Waals surface area contributed by atoms with Gasteiger partial charge in [0, 0.05) is 12.8 Å². The molecule has 0 aliphatic carbocycles. The number of aliphatic carboxylic acids is 2. The van der Waals surface area contributed by atoms with Gasteiger partial charge in [-0.1, -0.05) is 12.1 Å². The van der Waals surface area contributed by atoms with Gasteiger partial charge in [-0.05, 0) is 132 Å². The maximum Gasteiger partial charge on any atom is 0.338 e. The Bertz CT molecular complexity index is 1260. The van der Waals surface area contributed by atoms with Crippen LogP contribution in [-0.4, -0.2) is 68.4 Å². The van der Waals surface area contributed by atoms with Crippen LogP contribution in [0.25, 0.3) is 0 Å². The van der Waals surface area contributed by atoms with E-state index in [1.165, 1.54) is 12.1 Å². The van der Waals surface area contributed by atoms with Gasteiger partial charge in [0.15, 0.2) is 0 Å². The van der Waals surface area contributed by atoms with Crippen LogP contribution in [0.15, 0.2) is 48.5 Å². The van der Waals surface area contributed by atoms with Crippen molar-refractivity contribution in [1.82, 2.24) is 0 Å². The highest BCUT2D eigenvalue weighted by Gasteiger charge is 2.23. The number of carboxylic acid groups (broad SMARTS) is 2. The molecule has 2 aromatic carbocycles. The molecule has 50 heavy (non-hydrogen) atoms. The standard InChI is InChI=1S/2C16H22O4.C6H10O4/c2*1-15(2,3)19-13(17)11-8-7-9-12(10-11)14(18)20-16(4,5)6;7-5(8)3-1-2-4-6(9)10/h2*7-10H,1-6H3;1-4H2,(H,7,8)(H,9,10). The Hall–Kier alpha value is -4.74. The molecule has 0 saturated carbocycles. The van der Waals surface area contributed by atoms with E-state index in [-0.39, 0.29) is 12.8 Å². The molecule has 2 aromatic rings. The average Bonchev–Trinajstić information content (AvgIpc) is 2.92. The molecule has 0 amide bonds. The van der Waals surface area contributed by atoms with Gasteiger partial charge in [0.25, 0.3) is 0 Å². The highest BCUT2D eigenvalue weighted by molar-refractivity contribution is 5.96. The first-order chi connectivity index (χ1) is 22.6. The van der Waals surface area contributed by atoms with Gasteiger partial charge in [-0.2, -0.15) is 0 Å². The molecule has 0 radical (unpaired) electrons. The minimum absolute atomic E-state index is 0.0628. The number of benzene rings is 2. The molecular weight excluding hydrogens is 648 g/mol. The lowest BCUT2D eigenvalue weighted by atomic mass is 10.1. The van der Waals surface area contributed by atoms with Crippen LogP contribution < -0.4 is 0 Å². The topological polar surface area (TPSA) is 180 Å². The fourth-order valence-corrected chi connectivity index (χ4v) is 3.45. The van der Waals surface area contributed by atoms with E-state index >= 15 is 0 Å². The van der Waals surface area contributed by atoms with E-state index in [9.17, 15) is 28.8 Å². The highest BCUT2D eigenvalue weighted by atomic mass is 16.6. The number of carbonyl (C=O) groups excluding carboxylic acids is 4. The second kappa shape index (κ2) is 19.4. The molecule has 0 aromatic heterocycles. The van der Waals surface area contributed by atoms with Gasteiger partial charge < -0.3 is 29.2 Å². The summed E-state index contributed by atoms with van der Waals surface area (Å²) in [5, 5.41) is 16.3. The van der Waals surface area contributed by atoms with Gasteiger partial charge in [-0.25, -0.2) is 19.2 Å². The summed E-state index contributed by atoms with van der Waals surface area (Å²) in [5.41, 5.74) is -0.936. The summed E-state index contributed by atoms with van der Waals surface area (Å²) in [6.07, 6.45) is 1.02. The summed E-state index contributed by atoms with van der Waals surface area (Å²) in [4.78, 5) is 67.6. The second-order valence-electron chi connectivity index (χ2n) is 15.2. The van der Waals surface area contributed by atoms with Crippen LogP contribution in [0, 0.1) is 0 Å². The molecule has 2 N–H and O–H groups in total. The molecule has 0 heterocycles. The number of hydrogen-bond acceptors (Lipinski definition) is 10.